The number of rotatable bonds is 18. The van der Waals surface area contributed by atoms with E-state index in [1.54, 1.807) is 0 Å². The highest BCUT2D eigenvalue weighted by molar-refractivity contribution is 7.47. The smallest absolute Gasteiger partial charge is 0.463 e. The summed E-state index contributed by atoms with van der Waals surface area (Å²) in [6.45, 7) is 3.13. The quantitative estimate of drug-likeness (QED) is 0.174. The molecule has 0 aliphatic heterocycles. The van der Waals surface area contributed by atoms with Crippen LogP contribution in [0.25, 0.3) is 0 Å². The van der Waals surface area contributed by atoms with Gasteiger partial charge < -0.3 is 20.1 Å². The molecule has 0 saturated carbocycles. The topological polar surface area (TPSA) is 131 Å². The summed E-state index contributed by atoms with van der Waals surface area (Å²) in [5, 5.41) is 12.2. The summed E-state index contributed by atoms with van der Waals surface area (Å²) in [7, 11) is -4.36. The summed E-state index contributed by atoms with van der Waals surface area (Å²) < 4.78 is 25.9. The number of hydrogen-bond donors (Lipinski definition) is 3. The van der Waals surface area contributed by atoms with Gasteiger partial charge in [-0.1, -0.05) is 46.0 Å². The molecule has 166 valence electrons. The lowest BCUT2D eigenvalue weighted by Gasteiger charge is -2.15. The first-order valence-corrected chi connectivity index (χ1v) is 11.5. The normalized spacial score (nSPS) is 14.3. The van der Waals surface area contributed by atoms with Crippen molar-refractivity contribution in [2.75, 3.05) is 26.4 Å². The molecule has 0 aromatic heterocycles. The second-order valence-corrected chi connectivity index (χ2v) is 8.01. The van der Waals surface area contributed by atoms with Crippen LogP contribution < -0.4 is 5.32 Å². The molecule has 9 nitrogen and oxygen atoms in total. The van der Waals surface area contributed by atoms with E-state index >= 15 is 0 Å². The molecule has 10 heteroatoms. The number of esters is 1. The van der Waals surface area contributed by atoms with Gasteiger partial charge in [-0.2, -0.15) is 0 Å². The molecular formula is C18H36NO8P. The van der Waals surface area contributed by atoms with Crippen LogP contribution in [-0.4, -0.2) is 54.3 Å². The van der Waals surface area contributed by atoms with Crippen molar-refractivity contribution in [1.29, 1.82) is 0 Å². The van der Waals surface area contributed by atoms with E-state index in [9.17, 15) is 24.2 Å². The van der Waals surface area contributed by atoms with Crippen LogP contribution in [-0.2, 0) is 27.9 Å². The number of phosphoric acid groups is 1. The third-order valence-electron chi connectivity index (χ3n) is 3.79. The Balaban J connectivity index is 3.79. The Morgan fingerprint density at radius 1 is 0.964 bits per heavy atom. The molecule has 0 radical (unpaired) electrons. The number of carbonyl (C=O) groups is 2. The van der Waals surface area contributed by atoms with Crippen LogP contribution in [0.1, 0.15) is 71.6 Å². The Kier molecular flexibility index (Phi) is 16.3. The van der Waals surface area contributed by atoms with Crippen LogP contribution in [0, 0.1) is 0 Å². The van der Waals surface area contributed by atoms with Crippen LogP contribution in [0.2, 0.25) is 0 Å². The monoisotopic (exact) mass is 425 g/mol. The summed E-state index contributed by atoms with van der Waals surface area (Å²) in [6, 6.07) is 0. The molecule has 0 aliphatic carbocycles. The van der Waals surface area contributed by atoms with Crippen molar-refractivity contribution in [2.45, 2.75) is 77.7 Å². The predicted octanol–water partition coefficient (Wildman–Crippen LogP) is 2.69. The van der Waals surface area contributed by atoms with Crippen molar-refractivity contribution in [3.8, 4) is 0 Å². The fraction of sp³-hybridized carbons (Fsp3) is 0.889. The van der Waals surface area contributed by atoms with E-state index in [4.69, 9.17) is 9.26 Å². The van der Waals surface area contributed by atoms with Gasteiger partial charge in [0.05, 0.1) is 13.2 Å². The lowest BCUT2D eigenvalue weighted by atomic mass is 10.1. The van der Waals surface area contributed by atoms with Gasteiger partial charge in [-0.15, -0.1) is 0 Å². The van der Waals surface area contributed by atoms with Crippen LogP contribution in [0.3, 0.4) is 0 Å². The van der Waals surface area contributed by atoms with Crippen molar-refractivity contribution in [2.24, 2.45) is 0 Å². The molecular weight excluding hydrogens is 389 g/mol. The fourth-order valence-electron chi connectivity index (χ4n) is 2.18. The highest BCUT2D eigenvalue weighted by Crippen LogP contribution is 2.42. The molecule has 0 fully saturated rings. The maximum atomic E-state index is 11.7. The number of hydrogen-bond acceptors (Lipinski definition) is 7. The van der Waals surface area contributed by atoms with Crippen molar-refractivity contribution in [3.63, 3.8) is 0 Å². The van der Waals surface area contributed by atoms with E-state index in [2.05, 4.69) is 16.8 Å². The number of phosphoric ester groups is 1. The number of ether oxygens (including phenoxy) is 1. The summed E-state index contributed by atoms with van der Waals surface area (Å²) in [6.07, 6.45) is 6.16. The van der Waals surface area contributed by atoms with Gasteiger partial charge in [0.1, 0.15) is 12.7 Å². The summed E-state index contributed by atoms with van der Waals surface area (Å²) in [5.74, 6) is -0.570. The number of unbranched alkanes of at least 4 members (excludes halogenated alkanes) is 5. The van der Waals surface area contributed by atoms with Crippen LogP contribution >= 0.6 is 7.82 Å². The SMILES string of the molecule is CCCCCCCC(=O)OCC(O)COP(=O)(O)OCCNC(=O)CCCC. The second-order valence-electron chi connectivity index (χ2n) is 6.55. The zero-order valence-corrected chi connectivity index (χ0v) is 18.0. The maximum Gasteiger partial charge on any atom is 0.472 e. The molecule has 0 aliphatic rings. The zero-order valence-electron chi connectivity index (χ0n) is 17.1. The van der Waals surface area contributed by atoms with Crippen LogP contribution in [0.5, 0.6) is 0 Å². The molecule has 28 heavy (non-hydrogen) atoms. The Hall–Kier alpha value is -0.990. The van der Waals surface area contributed by atoms with Crippen molar-refractivity contribution in [3.05, 3.63) is 0 Å². The Bertz CT molecular complexity index is 475. The molecule has 3 N–H and O–H groups in total. The minimum absolute atomic E-state index is 0.0783. The molecule has 0 spiro atoms. The van der Waals surface area contributed by atoms with E-state index in [-0.39, 0.29) is 32.1 Å². The molecule has 0 saturated heterocycles. The van der Waals surface area contributed by atoms with E-state index in [1.165, 1.54) is 0 Å². The minimum atomic E-state index is -4.36. The number of aliphatic hydroxyl groups is 1. The van der Waals surface area contributed by atoms with Gasteiger partial charge in [-0.3, -0.25) is 18.6 Å². The van der Waals surface area contributed by atoms with Crippen LogP contribution in [0.15, 0.2) is 0 Å². The average molecular weight is 425 g/mol. The number of amides is 1. The number of nitrogens with one attached hydrogen (secondary N) is 1. The molecule has 2 atom stereocenters. The highest BCUT2D eigenvalue weighted by Gasteiger charge is 2.23. The maximum absolute atomic E-state index is 11.7. The first-order valence-electron chi connectivity index (χ1n) is 10.0. The fourth-order valence-corrected chi connectivity index (χ4v) is 2.93. The summed E-state index contributed by atoms with van der Waals surface area (Å²) >= 11 is 0. The van der Waals surface area contributed by atoms with Gasteiger partial charge in [0.25, 0.3) is 0 Å². The van der Waals surface area contributed by atoms with Gasteiger partial charge in [0, 0.05) is 19.4 Å². The molecule has 2 unspecified atom stereocenters. The molecule has 0 aromatic carbocycles. The second kappa shape index (κ2) is 16.9. The van der Waals surface area contributed by atoms with Gasteiger partial charge >= 0.3 is 13.8 Å². The highest BCUT2D eigenvalue weighted by atomic mass is 31.2. The van der Waals surface area contributed by atoms with E-state index < -0.39 is 26.5 Å². The molecule has 0 heterocycles. The average Bonchev–Trinajstić information content (AvgIpc) is 2.66. The first kappa shape index (κ1) is 27.0. The van der Waals surface area contributed by atoms with Gasteiger partial charge in [-0.25, -0.2) is 4.57 Å². The van der Waals surface area contributed by atoms with E-state index in [0.29, 0.717) is 6.42 Å². The van der Waals surface area contributed by atoms with Gasteiger partial charge in [-0.05, 0) is 12.8 Å². The standard InChI is InChI=1S/C18H36NO8P/c1-3-5-7-8-9-11-18(22)25-14-16(20)15-27-28(23,24)26-13-12-19-17(21)10-6-4-2/h16,20H,3-15H2,1-2H3,(H,19,21)(H,23,24). The largest absolute Gasteiger partial charge is 0.472 e. The molecule has 0 rings (SSSR count). The van der Waals surface area contributed by atoms with Gasteiger partial charge in [0.2, 0.25) is 5.91 Å². The van der Waals surface area contributed by atoms with Gasteiger partial charge in [0.15, 0.2) is 0 Å². The number of carbonyl (C=O) groups excluding carboxylic acids is 2. The Labute approximate surface area is 167 Å². The Morgan fingerprint density at radius 3 is 2.32 bits per heavy atom. The summed E-state index contributed by atoms with van der Waals surface area (Å²) in [4.78, 5) is 32.4. The van der Waals surface area contributed by atoms with E-state index in [1.807, 2.05) is 6.92 Å². The third kappa shape index (κ3) is 17.1. The minimum Gasteiger partial charge on any atom is -0.463 e. The van der Waals surface area contributed by atoms with Crippen molar-refractivity contribution < 1.29 is 37.9 Å². The van der Waals surface area contributed by atoms with Crippen molar-refractivity contribution >= 4 is 19.7 Å². The predicted molar refractivity (Wildman–Crippen MR) is 105 cm³/mol. The first-order chi connectivity index (χ1) is 13.3. The number of aliphatic hydroxyl groups excluding tert-OH is 1. The lowest BCUT2D eigenvalue weighted by molar-refractivity contribution is -0.147. The lowest BCUT2D eigenvalue weighted by Crippen LogP contribution is -2.27. The zero-order chi connectivity index (χ0) is 21.3. The van der Waals surface area contributed by atoms with E-state index in [0.717, 1.165) is 44.9 Å². The Morgan fingerprint density at radius 2 is 1.64 bits per heavy atom. The third-order valence-corrected chi connectivity index (χ3v) is 4.77. The molecule has 1 amide bonds. The van der Waals surface area contributed by atoms with Crippen LogP contribution in [0.4, 0.5) is 0 Å². The molecule has 0 aromatic rings. The summed E-state index contributed by atoms with van der Waals surface area (Å²) in [5.41, 5.74) is 0. The van der Waals surface area contributed by atoms with Crippen molar-refractivity contribution in [1.82, 2.24) is 5.32 Å². The molecule has 0 bridgehead atoms.